The third-order valence-corrected chi connectivity index (χ3v) is 12.8. The highest BCUT2D eigenvalue weighted by Gasteiger charge is 2.55. The molecule has 48 heavy (non-hydrogen) atoms. The Hall–Kier alpha value is -3.30. The molecule has 272 valence electrons. The summed E-state index contributed by atoms with van der Waals surface area (Å²) in [5.74, 6) is -3.54. The van der Waals surface area contributed by atoms with E-state index in [2.05, 4.69) is 27.7 Å². The normalized spacial score (nSPS) is 34.0. The number of carboxylic acids is 4. The number of hydrogen-bond acceptors (Lipinski definition) is 6. The molecular formula is C38H60O10. The average Bonchev–Trinajstić information content (AvgIpc) is 2.95. The molecular weight excluding hydrogens is 616 g/mol. The molecule has 0 saturated heterocycles. The molecule has 0 unspecified atom stereocenters. The van der Waals surface area contributed by atoms with Gasteiger partial charge in [0.15, 0.2) is 0 Å². The van der Waals surface area contributed by atoms with Crippen LogP contribution < -0.4 is 0 Å². The monoisotopic (exact) mass is 676 g/mol. The second-order valence-corrected chi connectivity index (χ2v) is 15.8. The molecule has 4 N–H and O–H groups in total. The fraction of sp³-hybridized carbons (Fsp3) is 0.737. The average molecular weight is 677 g/mol. The van der Waals surface area contributed by atoms with Crippen molar-refractivity contribution in [1.82, 2.24) is 0 Å². The molecule has 0 radical (unpaired) electrons. The van der Waals surface area contributed by atoms with Gasteiger partial charge in [-0.25, -0.2) is 9.59 Å². The van der Waals surface area contributed by atoms with Crippen LogP contribution in [0.15, 0.2) is 23.3 Å². The molecule has 2 saturated carbocycles. The lowest BCUT2D eigenvalue weighted by atomic mass is 9.49. The molecule has 2 aliphatic rings. The first kappa shape index (κ1) is 42.7. The van der Waals surface area contributed by atoms with Crippen LogP contribution in [-0.2, 0) is 28.8 Å². The minimum absolute atomic E-state index is 0.0292. The zero-order valence-corrected chi connectivity index (χ0v) is 30.8. The van der Waals surface area contributed by atoms with E-state index in [1.165, 1.54) is 12.2 Å². The first-order chi connectivity index (χ1) is 21.9. The van der Waals surface area contributed by atoms with Crippen LogP contribution in [0, 0.1) is 45.3 Å². The number of ketones is 2. The van der Waals surface area contributed by atoms with Gasteiger partial charge in [-0.05, 0) is 114 Å². The predicted octanol–water partition coefficient (Wildman–Crippen LogP) is 7.84. The minimum Gasteiger partial charge on any atom is -0.481 e. The fourth-order valence-electron chi connectivity index (χ4n) is 8.63. The van der Waals surface area contributed by atoms with Crippen LogP contribution in [0.25, 0.3) is 0 Å². The molecule has 0 aromatic heterocycles. The lowest BCUT2D eigenvalue weighted by molar-refractivity contribution is -0.153. The summed E-state index contributed by atoms with van der Waals surface area (Å²) in [6.07, 6.45) is 8.08. The molecule has 2 fully saturated rings. The lowest BCUT2D eigenvalue weighted by Crippen LogP contribution is -2.51. The number of aliphatic carboxylic acids is 4. The van der Waals surface area contributed by atoms with E-state index < -0.39 is 34.7 Å². The van der Waals surface area contributed by atoms with E-state index in [4.69, 9.17) is 10.2 Å². The van der Waals surface area contributed by atoms with Gasteiger partial charge >= 0.3 is 23.9 Å². The van der Waals surface area contributed by atoms with Crippen LogP contribution >= 0.6 is 0 Å². The van der Waals surface area contributed by atoms with Crippen molar-refractivity contribution in [1.29, 1.82) is 0 Å². The highest BCUT2D eigenvalue weighted by molar-refractivity contribution is 5.84. The van der Waals surface area contributed by atoms with Gasteiger partial charge in [0, 0.05) is 35.8 Å². The zero-order chi connectivity index (χ0) is 37.4. The number of allylic oxidation sites excluding steroid dienone is 2. The van der Waals surface area contributed by atoms with Gasteiger partial charge in [-0.15, -0.1) is 0 Å². The number of carbonyl (C=O) groups excluding carboxylic acids is 2. The van der Waals surface area contributed by atoms with E-state index in [0.29, 0.717) is 38.5 Å². The second kappa shape index (κ2) is 16.9. The van der Waals surface area contributed by atoms with Gasteiger partial charge in [0.1, 0.15) is 11.6 Å². The molecule has 0 amide bonds. The van der Waals surface area contributed by atoms with E-state index in [1.807, 2.05) is 13.8 Å². The summed E-state index contributed by atoms with van der Waals surface area (Å²) in [4.78, 5) is 69.1. The number of rotatable bonds is 14. The molecule has 0 aromatic carbocycles. The Morgan fingerprint density at radius 1 is 0.583 bits per heavy atom. The SMILES string of the molecule is CC(=O)[C@]1(C)CC[C@@H](C)[C@](C)(CC/C(C)=C/C(=O)O)[C@H]1CC(=O)O.CC(=O)[C@]1(C)CC[C@@H](C)[C@](C)(CC/C(C)=C/C(=O)O)[C@H]1CC(=O)O. The topological polar surface area (TPSA) is 183 Å². The summed E-state index contributed by atoms with van der Waals surface area (Å²) in [6.45, 7) is 18.8. The van der Waals surface area contributed by atoms with Gasteiger partial charge < -0.3 is 20.4 Å². The molecule has 2 rings (SSSR count). The quantitative estimate of drug-likeness (QED) is 0.132. The summed E-state index contributed by atoms with van der Waals surface area (Å²) in [5, 5.41) is 36.5. The minimum atomic E-state index is -0.968. The standard InChI is InChI=1S/2C19H30O5/c2*1-12(10-16(21)22)6-8-18(4)13(2)7-9-19(5,14(3)20)15(18)11-17(23)24/h2*10,13,15H,6-9,11H2,1-5H3,(H,21,22)(H,23,24)/b2*12-10+/t2*13-,15-,18+,19+/m11/s1. The van der Waals surface area contributed by atoms with Crippen LogP contribution in [0.3, 0.4) is 0 Å². The van der Waals surface area contributed by atoms with Crippen molar-refractivity contribution in [2.75, 3.05) is 0 Å². The second-order valence-electron chi connectivity index (χ2n) is 15.8. The van der Waals surface area contributed by atoms with Crippen LogP contribution in [0.5, 0.6) is 0 Å². The van der Waals surface area contributed by atoms with Crippen molar-refractivity contribution >= 4 is 35.4 Å². The number of carbonyl (C=O) groups is 6. The van der Waals surface area contributed by atoms with Gasteiger partial charge in [0.05, 0.1) is 0 Å². The smallest absolute Gasteiger partial charge is 0.328 e. The van der Waals surface area contributed by atoms with Crippen molar-refractivity contribution < 1.29 is 49.2 Å². The number of Topliss-reactive ketones (excluding diaryl/α,β-unsaturated/α-hetero) is 2. The van der Waals surface area contributed by atoms with Crippen LogP contribution in [0.1, 0.15) is 133 Å². The molecule has 8 atom stereocenters. The third-order valence-electron chi connectivity index (χ3n) is 12.8. The van der Waals surface area contributed by atoms with E-state index in [0.717, 1.165) is 24.0 Å². The largest absolute Gasteiger partial charge is 0.481 e. The fourth-order valence-corrected chi connectivity index (χ4v) is 8.63. The van der Waals surface area contributed by atoms with Crippen molar-refractivity contribution in [2.24, 2.45) is 45.3 Å². The summed E-state index contributed by atoms with van der Waals surface area (Å²) in [5.41, 5.74) is -0.371. The van der Waals surface area contributed by atoms with Crippen LogP contribution in [0.4, 0.5) is 0 Å². The molecule has 0 heterocycles. The van der Waals surface area contributed by atoms with Gasteiger partial charge in [0.2, 0.25) is 0 Å². The third kappa shape index (κ3) is 10.3. The van der Waals surface area contributed by atoms with Gasteiger partial charge in [-0.1, -0.05) is 52.7 Å². The van der Waals surface area contributed by atoms with Gasteiger partial charge in [0.25, 0.3) is 0 Å². The highest BCUT2D eigenvalue weighted by Crippen LogP contribution is 2.59. The zero-order valence-electron chi connectivity index (χ0n) is 30.8. The predicted molar refractivity (Wildman–Crippen MR) is 183 cm³/mol. The first-order valence-corrected chi connectivity index (χ1v) is 17.1. The molecule has 0 aliphatic heterocycles. The van der Waals surface area contributed by atoms with Crippen LogP contribution in [0.2, 0.25) is 0 Å². The Labute approximate surface area is 286 Å². The van der Waals surface area contributed by atoms with E-state index >= 15 is 0 Å². The van der Waals surface area contributed by atoms with E-state index in [-0.39, 0.29) is 58.9 Å². The lowest BCUT2D eigenvalue weighted by Gasteiger charge is -2.54. The Bertz CT molecular complexity index is 1200. The maximum atomic E-state index is 12.3. The maximum Gasteiger partial charge on any atom is 0.328 e. The highest BCUT2D eigenvalue weighted by atomic mass is 16.4. The Morgan fingerprint density at radius 2 is 0.875 bits per heavy atom. The molecule has 0 bridgehead atoms. The Balaban J connectivity index is 0.000000480. The van der Waals surface area contributed by atoms with E-state index in [9.17, 15) is 39.0 Å². The van der Waals surface area contributed by atoms with Crippen molar-refractivity contribution in [3.63, 3.8) is 0 Å². The summed E-state index contributed by atoms with van der Waals surface area (Å²) in [6, 6.07) is 0. The summed E-state index contributed by atoms with van der Waals surface area (Å²) in [7, 11) is 0. The van der Waals surface area contributed by atoms with Crippen molar-refractivity contribution in [3.05, 3.63) is 23.3 Å². The first-order valence-electron chi connectivity index (χ1n) is 17.1. The Morgan fingerprint density at radius 3 is 1.10 bits per heavy atom. The van der Waals surface area contributed by atoms with Crippen LogP contribution in [-0.4, -0.2) is 55.9 Å². The van der Waals surface area contributed by atoms with Gasteiger partial charge in [-0.2, -0.15) is 0 Å². The molecule has 0 aromatic rings. The molecule has 2 aliphatic carbocycles. The summed E-state index contributed by atoms with van der Waals surface area (Å²) < 4.78 is 0. The Kier molecular flexibility index (Phi) is 15.0. The molecule has 0 spiro atoms. The molecule has 10 heteroatoms. The number of carboxylic acid groups (broad SMARTS) is 4. The number of hydrogen-bond donors (Lipinski definition) is 4. The molecule has 10 nitrogen and oxygen atoms in total. The van der Waals surface area contributed by atoms with Crippen molar-refractivity contribution in [2.45, 2.75) is 133 Å². The van der Waals surface area contributed by atoms with Crippen molar-refractivity contribution in [3.8, 4) is 0 Å². The van der Waals surface area contributed by atoms with Gasteiger partial charge in [-0.3, -0.25) is 19.2 Å². The maximum absolute atomic E-state index is 12.3. The summed E-state index contributed by atoms with van der Waals surface area (Å²) >= 11 is 0. The van der Waals surface area contributed by atoms with E-state index in [1.54, 1.807) is 27.7 Å².